The molecule has 1 heterocycles. The first-order valence-electron chi connectivity index (χ1n) is 5.76. The third kappa shape index (κ3) is 2.36. The number of benzene rings is 1. The second-order valence-corrected chi connectivity index (χ2v) is 5.43. The lowest BCUT2D eigenvalue weighted by molar-refractivity contribution is -0.122. The van der Waals surface area contributed by atoms with Gasteiger partial charge in [0.2, 0.25) is 5.91 Å². The highest BCUT2D eigenvalue weighted by Gasteiger charge is 2.30. The van der Waals surface area contributed by atoms with Crippen LogP contribution in [0.2, 0.25) is 0 Å². The number of carbonyl (C=O) groups is 1. The van der Waals surface area contributed by atoms with Crippen LogP contribution in [0.5, 0.6) is 0 Å². The van der Waals surface area contributed by atoms with Crippen molar-refractivity contribution < 1.29 is 4.79 Å². The lowest BCUT2D eigenvalue weighted by atomic mass is 10.2. The summed E-state index contributed by atoms with van der Waals surface area (Å²) < 4.78 is 1.06. The summed E-state index contributed by atoms with van der Waals surface area (Å²) in [7, 11) is 0. The average molecular weight is 293 g/mol. The summed E-state index contributed by atoms with van der Waals surface area (Å²) in [5, 5.41) is 8.45. The molecule has 1 unspecified atom stereocenters. The van der Waals surface area contributed by atoms with E-state index in [1.165, 1.54) is 0 Å². The molecule has 0 spiro atoms. The summed E-state index contributed by atoms with van der Waals surface area (Å²) in [6.07, 6.45) is 5.97. The molecule has 1 atom stereocenters. The van der Waals surface area contributed by atoms with E-state index in [9.17, 15) is 4.79 Å². The van der Waals surface area contributed by atoms with Crippen molar-refractivity contribution >= 4 is 34.1 Å². The molecule has 0 saturated heterocycles. The Morgan fingerprint density at radius 2 is 2.18 bits per heavy atom. The smallest absolute Gasteiger partial charge is 0.224 e. The van der Waals surface area contributed by atoms with Crippen molar-refractivity contribution in [2.75, 3.05) is 0 Å². The molecule has 1 aromatic carbocycles. The Morgan fingerprint density at radius 3 is 2.94 bits per heavy atom. The molecule has 4 heteroatoms. The molecule has 1 aliphatic carbocycles. The zero-order valence-electron chi connectivity index (χ0n) is 9.24. The molecule has 2 aliphatic rings. The predicted octanol–water partition coefficient (Wildman–Crippen LogP) is 0.423. The first-order valence-corrected chi connectivity index (χ1v) is 6.56. The van der Waals surface area contributed by atoms with Crippen LogP contribution in [-0.2, 0) is 4.79 Å². The van der Waals surface area contributed by atoms with E-state index in [0.717, 1.165) is 27.8 Å². The van der Waals surface area contributed by atoms with Gasteiger partial charge in [0.1, 0.15) is 6.17 Å². The van der Waals surface area contributed by atoms with Crippen molar-refractivity contribution in [1.29, 1.82) is 0 Å². The molecule has 1 fully saturated rings. The van der Waals surface area contributed by atoms with Gasteiger partial charge in [0.25, 0.3) is 0 Å². The van der Waals surface area contributed by atoms with Gasteiger partial charge in [0, 0.05) is 16.6 Å². The minimum absolute atomic E-state index is 0.0863. The highest BCUT2D eigenvalue weighted by molar-refractivity contribution is 9.10. The predicted molar refractivity (Wildman–Crippen MR) is 70.1 cm³/mol. The highest BCUT2D eigenvalue weighted by atomic mass is 79.9. The van der Waals surface area contributed by atoms with Gasteiger partial charge in [-0.25, -0.2) is 0 Å². The van der Waals surface area contributed by atoms with Crippen LogP contribution in [0.1, 0.15) is 12.8 Å². The fourth-order valence-corrected chi connectivity index (χ4v) is 2.31. The fraction of sp³-hybridized carbons (Fsp3) is 0.308. The average Bonchev–Trinajstić information content (AvgIpc) is 3.13. The maximum absolute atomic E-state index is 11.6. The van der Waals surface area contributed by atoms with Gasteiger partial charge in [-0.1, -0.05) is 22.0 Å². The summed E-state index contributed by atoms with van der Waals surface area (Å²) in [6.45, 7) is 0. The Labute approximate surface area is 108 Å². The van der Waals surface area contributed by atoms with Crippen molar-refractivity contribution in [3.05, 3.63) is 33.1 Å². The maximum atomic E-state index is 11.6. The lowest BCUT2D eigenvalue weighted by Crippen LogP contribution is -2.48. The van der Waals surface area contributed by atoms with E-state index in [1.807, 2.05) is 24.4 Å². The van der Waals surface area contributed by atoms with Crippen molar-refractivity contribution in [3.8, 4) is 0 Å². The largest absolute Gasteiger partial charge is 0.368 e. The Kier molecular flexibility index (Phi) is 2.67. The minimum atomic E-state index is -0.0863. The topological polar surface area (TPSA) is 41.1 Å². The second-order valence-electron chi connectivity index (χ2n) is 4.51. The number of hydrogen-bond donors (Lipinski definition) is 2. The first kappa shape index (κ1) is 10.8. The molecule has 17 heavy (non-hydrogen) atoms. The first-order chi connectivity index (χ1) is 8.22. The van der Waals surface area contributed by atoms with Gasteiger partial charge < -0.3 is 10.6 Å². The maximum Gasteiger partial charge on any atom is 0.224 e. The molecule has 1 saturated carbocycles. The summed E-state index contributed by atoms with van der Waals surface area (Å²) in [6, 6.07) is 6.11. The monoisotopic (exact) mass is 292 g/mol. The fourth-order valence-electron chi connectivity index (χ4n) is 1.93. The molecule has 1 aromatic rings. The normalized spacial score (nSPS) is 21.6. The lowest BCUT2D eigenvalue weighted by Gasteiger charge is -2.18. The van der Waals surface area contributed by atoms with Crippen LogP contribution >= 0.6 is 15.9 Å². The van der Waals surface area contributed by atoms with Gasteiger partial charge in [-0.15, -0.1) is 0 Å². The third-order valence-corrected chi connectivity index (χ3v) is 3.55. The molecule has 3 rings (SSSR count). The van der Waals surface area contributed by atoms with E-state index >= 15 is 0 Å². The Balaban J connectivity index is 1.82. The summed E-state index contributed by atoms with van der Waals surface area (Å²) in [4.78, 5) is 11.6. The Morgan fingerprint density at radius 1 is 1.35 bits per heavy atom. The van der Waals surface area contributed by atoms with Gasteiger partial charge in [-0.2, -0.15) is 0 Å². The van der Waals surface area contributed by atoms with Crippen LogP contribution in [0.4, 0.5) is 0 Å². The van der Waals surface area contributed by atoms with E-state index < -0.39 is 0 Å². The quantitative estimate of drug-likeness (QED) is 0.830. The van der Waals surface area contributed by atoms with E-state index in [4.69, 9.17) is 0 Å². The van der Waals surface area contributed by atoms with Crippen LogP contribution in [0, 0.1) is 5.92 Å². The molecule has 1 aliphatic heterocycles. The van der Waals surface area contributed by atoms with E-state index in [2.05, 4.69) is 32.6 Å². The minimum Gasteiger partial charge on any atom is -0.368 e. The molecular formula is C13H13BrN2O. The molecule has 2 N–H and O–H groups in total. The number of halogens is 1. The SMILES string of the molecule is O=C(NC1C=c2ccc(Br)cc2=CN1)C1CC1. The van der Waals surface area contributed by atoms with E-state index in [1.54, 1.807) is 0 Å². The number of amides is 1. The molecule has 0 aromatic heterocycles. The van der Waals surface area contributed by atoms with Crippen LogP contribution in [0.15, 0.2) is 22.7 Å². The van der Waals surface area contributed by atoms with Gasteiger partial charge in [0.15, 0.2) is 0 Å². The molecule has 0 radical (unpaired) electrons. The number of fused-ring (bicyclic) bond motifs is 1. The van der Waals surface area contributed by atoms with Crippen molar-refractivity contribution in [1.82, 2.24) is 10.6 Å². The number of hydrogen-bond acceptors (Lipinski definition) is 2. The Bertz CT molecular complexity index is 578. The summed E-state index contributed by atoms with van der Waals surface area (Å²) >= 11 is 3.44. The third-order valence-electron chi connectivity index (χ3n) is 3.06. The zero-order valence-corrected chi connectivity index (χ0v) is 10.8. The molecule has 88 valence electrons. The molecule has 3 nitrogen and oxygen atoms in total. The molecule has 0 bridgehead atoms. The van der Waals surface area contributed by atoms with Crippen molar-refractivity contribution in [3.63, 3.8) is 0 Å². The number of carbonyl (C=O) groups excluding carboxylic acids is 1. The van der Waals surface area contributed by atoms with Crippen LogP contribution in [-0.4, -0.2) is 12.1 Å². The van der Waals surface area contributed by atoms with E-state index in [-0.39, 0.29) is 18.0 Å². The van der Waals surface area contributed by atoms with Crippen LogP contribution in [0.25, 0.3) is 12.3 Å². The van der Waals surface area contributed by atoms with Crippen molar-refractivity contribution in [2.24, 2.45) is 5.92 Å². The van der Waals surface area contributed by atoms with Gasteiger partial charge in [-0.05, 0) is 41.5 Å². The number of nitrogens with one attached hydrogen (secondary N) is 2. The van der Waals surface area contributed by atoms with Gasteiger partial charge >= 0.3 is 0 Å². The molecular weight excluding hydrogens is 280 g/mol. The number of rotatable bonds is 2. The standard InChI is InChI=1S/C13H13BrN2O/c14-11-4-3-9-6-12(15-7-10(9)5-11)16-13(17)8-1-2-8/h3-8,12,15H,1-2H2,(H,16,17). The van der Waals surface area contributed by atoms with Crippen LogP contribution in [0.3, 0.4) is 0 Å². The van der Waals surface area contributed by atoms with Crippen LogP contribution < -0.4 is 21.1 Å². The summed E-state index contributed by atoms with van der Waals surface area (Å²) in [5.41, 5.74) is 0. The van der Waals surface area contributed by atoms with Gasteiger partial charge in [0.05, 0.1) is 0 Å². The Hall–Kier alpha value is -1.29. The highest BCUT2D eigenvalue weighted by Crippen LogP contribution is 2.28. The van der Waals surface area contributed by atoms with E-state index in [0.29, 0.717) is 0 Å². The van der Waals surface area contributed by atoms with Crippen molar-refractivity contribution in [2.45, 2.75) is 19.0 Å². The zero-order chi connectivity index (χ0) is 11.8. The second kappa shape index (κ2) is 4.18. The van der Waals surface area contributed by atoms with Gasteiger partial charge in [-0.3, -0.25) is 4.79 Å². The summed E-state index contributed by atoms with van der Waals surface area (Å²) in [5.74, 6) is 0.407. The molecule has 1 amide bonds.